The van der Waals surface area contributed by atoms with Crippen LogP contribution >= 0.6 is 24.2 Å². The predicted molar refractivity (Wildman–Crippen MR) is 43.0 cm³/mol. The van der Waals surface area contributed by atoms with Gasteiger partial charge in [-0.05, 0) is 6.42 Å². The Kier molecular flexibility index (Phi) is 6.23. The minimum Gasteiger partial charge on any atom is -0.178 e. The van der Waals surface area contributed by atoms with Gasteiger partial charge < -0.3 is 0 Å². The SMILES string of the molecule is CCCCC(Cl)CS. The van der Waals surface area contributed by atoms with Crippen molar-refractivity contribution in [2.24, 2.45) is 0 Å². The van der Waals surface area contributed by atoms with E-state index in [1.807, 2.05) is 0 Å². The van der Waals surface area contributed by atoms with Crippen molar-refractivity contribution in [1.82, 2.24) is 0 Å². The normalized spacial score (nSPS) is 13.9. The zero-order chi connectivity index (χ0) is 6.41. The fourth-order valence-electron chi connectivity index (χ4n) is 0.517. The number of hydrogen-bond acceptors (Lipinski definition) is 1. The van der Waals surface area contributed by atoms with Gasteiger partial charge in [0.15, 0.2) is 0 Å². The molecule has 0 bridgehead atoms. The van der Waals surface area contributed by atoms with Gasteiger partial charge in [-0.3, -0.25) is 0 Å². The third-order valence-corrected chi connectivity index (χ3v) is 2.10. The average molecular weight is 153 g/mol. The van der Waals surface area contributed by atoms with Crippen LogP contribution < -0.4 is 0 Å². The highest BCUT2D eigenvalue weighted by atomic mass is 35.5. The number of halogens is 1. The molecule has 0 aliphatic heterocycles. The molecule has 0 heterocycles. The Hall–Kier alpha value is 0.640. The third kappa shape index (κ3) is 4.79. The highest BCUT2D eigenvalue weighted by Crippen LogP contribution is 2.07. The van der Waals surface area contributed by atoms with Crippen molar-refractivity contribution < 1.29 is 0 Å². The molecule has 0 amide bonds. The van der Waals surface area contributed by atoms with Crippen LogP contribution in [0.4, 0.5) is 0 Å². The summed E-state index contributed by atoms with van der Waals surface area (Å²) < 4.78 is 0. The van der Waals surface area contributed by atoms with Crippen LogP contribution in [0.2, 0.25) is 0 Å². The van der Waals surface area contributed by atoms with Crippen LogP contribution in [0.25, 0.3) is 0 Å². The van der Waals surface area contributed by atoms with E-state index in [-0.39, 0.29) is 0 Å². The van der Waals surface area contributed by atoms with Crippen LogP contribution in [0.3, 0.4) is 0 Å². The largest absolute Gasteiger partial charge is 0.178 e. The third-order valence-electron chi connectivity index (χ3n) is 1.07. The summed E-state index contributed by atoms with van der Waals surface area (Å²) in [6.45, 7) is 2.17. The molecule has 1 atom stereocenters. The molecule has 1 unspecified atom stereocenters. The van der Waals surface area contributed by atoms with Crippen molar-refractivity contribution in [3.63, 3.8) is 0 Å². The minimum absolute atomic E-state index is 0.290. The quantitative estimate of drug-likeness (QED) is 0.465. The second kappa shape index (κ2) is 5.77. The molecule has 8 heavy (non-hydrogen) atoms. The number of unbranched alkanes of at least 4 members (excludes halogenated alkanes) is 1. The summed E-state index contributed by atoms with van der Waals surface area (Å²) in [7, 11) is 0. The topological polar surface area (TPSA) is 0 Å². The molecule has 50 valence electrons. The zero-order valence-corrected chi connectivity index (χ0v) is 6.88. The fourth-order valence-corrected chi connectivity index (χ4v) is 0.854. The molecule has 0 saturated heterocycles. The Labute approximate surface area is 62.0 Å². The molecule has 0 rings (SSSR count). The van der Waals surface area contributed by atoms with Gasteiger partial charge in [0.2, 0.25) is 0 Å². The summed E-state index contributed by atoms with van der Waals surface area (Å²) >= 11 is 9.82. The van der Waals surface area contributed by atoms with E-state index in [9.17, 15) is 0 Å². The first-order chi connectivity index (χ1) is 3.81. The molecular formula is C6H13ClS. The van der Waals surface area contributed by atoms with Crippen molar-refractivity contribution >= 4 is 24.2 Å². The van der Waals surface area contributed by atoms with E-state index in [1.165, 1.54) is 12.8 Å². The van der Waals surface area contributed by atoms with Gasteiger partial charge >= 0.3 is 0 Å². The molecule has 0 nitrogen and oxygen atoms in total. The van der Waals surface area contributed by atoms with Gasteiger partial charge in [-0.25, -0.2) is 0 Å². The number of thiol groups is 1. The molecule has 0 fully saturated rings. The molecule has 2 heteroatoms. The van der Waals surface area contributed by atoms with Crippen LogP contribution in [0.15, 0.2) is 0 Å². The van der Waals surface area contributed by atoms with E-state index in [0.717, 1.165) is 12.2 Å². The lowest BCUT2D eigenvalue weighted by Gasteiger charge is -2.01. The van der Waals surface area contributed by atoms with Crippen molar-refractivity contribution in [2.45, 2.75) is 31.6 Å². The lowest BCUT2D eigenvalue weighted by atomic mass is 10.2. The number of rotatable bonds is 4. The number of hydrogen-bond donors (Lipinski definition) is 1. The maximum absolute atomic E-state index is 5.77. The molecule has 0 saturated carbocycles. The van der Waals surface area contributed by atoms with Gasteiger partial charge in [0, 0.05) is 11.1 Å². The molecule has 0 aliphatic carbocycles. The molecule has 0 aromatic carbocycles. The van der Waals surface area contributed by atoms with Crippen molar-refractivity contribution in [1.29, 1.82) is 0 Å². The van der Waals surface area contributed by atoms with E-state index in [4.69, 9.17) is 11.6 Å². The van der Waals surface area contributed by atoms with E-state index in [0.29, 0.717) is 5.38 Å². The summed E-state index contributed by atoms with van der Waals surface area (Å²) in [5.41, 5.74) is 0. The Morgan fingerprint density at radius 2 is 2.25 bits per heavy atom. The van der Waals surface area contributed by atoms with Crippen LogP contribution in [0.1, 0.15) is 26.2 Å². The van der Waals surface area contributed by atoms with Gasteiger partial charge in [-0.15, -0.1) is 11.6 Å². The Balaban J connectivity index is 2.86. The summed E-state index contributed by atoms with van der Waals surface area (Å²) in [6.07, 6.45) is 3.58. The minimum atomic E-state index is 0.290. The van der Waals surface area contributed by atoms with E-state index in [1.54, 1.807) is 0 Å². The van der Waals surface area contributed by atoms with Gasteiger partial charge in [0.1, 0.15) is 0 Å². The standard InChI is InChI=1S/C6H13ClS/c1-2-3-4-6(7)5-8/h6,8H,2-5H2,1H3. The van der Waals surface area contributed by atoms with Crippen LogP contribution in [0, 0.1) is 0 Å². The Morgan fingerprint density at radius 1 is 1.62 bits per heavy atom. The summed E-state index contributed by atoms with van der Waals surface area (Å²) in [5.74, 6) is 0.807. The zero-order valence-electron chi connectivity index (χ0n) is 5.23. The molecule has 0 spiro atoms. The van der Waals surface area contributed by atoms with E-state index >= 15 is 0 Å². The van der Waals surface area contributed by atoms with E-state index < -0.39 is 0 Å². The summed E-state index contributed by atoms with van der Waals surface area (Å²) in [5, 5.41) is 0.290. The van der Waals surface area contributed by atoms with E-state index in [2.05, 4.69) is 19.6 Å². The highest BCUT2D eigenvalue weighted by Gasteiger charge is 1.97. The van der Waals surface area contributed by atoms with Gasteiger partial charge in [0.25, 0.3) is 0 Å². The molecule has 0 radical (unpaired) electrons. The molecule has 0 N–H and O–H groups in total. The Bertz CT molecular complexity index is 47.8. The molecule has 0 aromatic heterocycles. The molecular weight excluding hydrogens is 140 g/mol. The predicted octanol–water partition coefficient (Wildman–Crippen LogP) is 2.71. The van der Waals surface area contributed by atoms with Crippen molar-refractivity contribution in [3.05, 3.63) is 0 Å². The second-order valence-corrected chi connectivity index (χ2v) is 2.90. The van der Waals surface area contributed by atoms with Crippen LogP contribution in [-0.2, 0) is 0 Å². The van der Waals surface area contributed by atoms with Gasteiger partial charge in [-0.2, -0.15) is 12.6 Å². The van der Waals surface area contributed by atoms with Crippen LogP contribution in [0.5, 0.6) is 0 Å². The first kappa shape index (κ1) is 8.64. The average Bonchev–Trinajstić information content (AvgIpc) is 1.83. The highest BCUT2D eigenvalue weighted by molar-refractivity contribution is 7.80. The lowest BCUT2D eigenvalue weighted by Crippen LogP contribution is -1.98. The maximum atomic E-state index is 5.77. The van der Waals surface area contributed by atoms with Crippen LogP contribution in [-0.4, -0.2) is 11.1 Å². The van der Waals surface area contributed by atoms with Gasteiger partial charge in [-0.1, -0.05) is 19.8 Å². The molecule has 0 aromatic rings. The smallest absolute Gasteiger partial charge is 0.0424 e. The first-order valence-electron chi connectivity index (χ1n) is 3.06. The Morgan fingerprint density at radius 3 is 2.62 bits per heavy atom. The summed E-state index contributed by atoms with van der Waals surface area (Å²) in [4.78, 5) is 0. The number of alkyl halides is 1. The van der Waals surface area contributed by atoms with Crippen molar-refractivity contribution in [2.75, 3.05) is 5.75 Å². The first-order valence-corrected chi connectivity index (χ1v) is 4.13. The summed E-state index contributed by atoms with van der Waals surface area (Å²) in [6, 6.07) is 0. The second-order valence-electron chi connectivity index (χ2n) is 1.92. The monoisotopic (exact) mass is 152 g/mol. The van der Waals surface area contributed by atoms with Crippen molar-refractivity contribution in [3.8, 4) is 0 Å². The van der Waals surface area contributed by atoms with Gasteiger partial charge in [0.05, 0.1) is 0 Å². The fraction of sp³-hybridized carbons (Fsp3) is 1.00. The maximum Gasteiger partial charge on any atom is 0.0424 e. The lowest BCUT2D eigenvalue weighted by molar-refractivity contribution is 0.713. The molecule has 0 aliphatic rings.